The highest BCUT2D eigenvalue weighted by atomic mass is 32.1. The number of hydrogen-bond acceptors (Lipinski definition) is 5. The highest BCUT2D eigenvalue weighted by Crippen LogP contribution is 2.32. The van der Waals surface area contributed by atoms with E-state index in [0.29, 0.717) is 29.4 Å². The van der Waals surface area contributed by atoms with E-state index < -0.39 is 12.0 Å². The second-order valence-electron chi connectivity index (χ2n) is 7.91. The lowest BCUT2D eigenvalue weighted by Gasteiger charge is -2.35. The highest BCUT2D eigenvalue weighted by Gasteiger charge is 2.33. The zero-order valence-corrected chi connectivity index (χ0v) is 20.3. The van der Waals surface area contributed by atoms with Crippen molar-refractivity contribution >= 4 is 34.9 Å². The fourth-order valence-corrected chi connectivity index (χ4v) is 3.81. The van der Waals surface area contributed by atoms with Crippen LogP contribution in [0.15, 0.2) is 35.5 Å². The number of esters is 1. The zero-order chi connectivity index (χ0) is 23.5. The van der Waals surface area contributed by atoms with Crippen LogP contribution in [0.2, 0.25) is 0 Å². The molecule has 0 aromatic heterocycles. The first kappa shape index (κ1) is 25.8. The van der Waals surface area contributed by atoms with Gasteiger partial charge in [-0.2, -0.15) is 0 Å². The molecule has 0 saturated carbocycles. The number of benzene rings is 1. The van der Waals surface area contributed by atoms with E-state index in [1.807, 2.05) is 31.2 Å². The number of anilines is 1. The second kappa shape index (κ2) is 13.2. The molecule has 1 atom stereocenters. The highest BCUT2D eigenvalue weighted by molar-refractivity contribution is 7.80. The van der Waals surface area contributed by atoms with Gasteiger partial charge in [0.1, 0.15) is 6.61 Å². The van der Waals surface area contributed by atoms with Gasteiger partial charge in [0.05, 0.1) is 18.2 Å². The van der Waals surface area contributed by atoms with Crippen molar-refractivity contribution in [1.82, 2.24) is 10.2 Å². The first-order valence-electron chi connectivity index (χ1n) is 11.2. The molecule has 176 valence electrons. The molecule has 1 unspecified atom stereocenters. The largest absolute Gasteiger partial charge is 0.460 e. The number of ether oxygens (including phenoxy) is 2. The van der Waals surface area contributed by atoms with Crippen LogP contribution in [0.25, 0.3) is 0 Å². The number of amides is 1. The van der Waals surface area contributed by atoms with E-state index in [9.17, 15) is 9.59 Å². The second-order valence-corrected chi connectivity index (χ2v) is 8.29. The first-order valence-corrected chi connectivity index (χ1v) is 11.6. The van der Waals surface area contributed by atoms with Gasteiger partial charge in [0.15, 0.2) is 5.11 Å². The van der Waals surface area contributed by atoms with E-state index in [2.05, 4.69) is 17.6 Å². The van der Waals surface area contributed by atoms with Gasteiger partial charge in [-0.25, -0.2) is 4.79 Å². The molecule has 1 aromatic rings. The van der Waals surface area contributed by atoms with Gasteiger partial charge in [0, 0.05) is 32.0 Å². The molecule has 0 saturated heterocycles. The number of methoxy groups -OCH3 is 1. The van der Waals surface area contributed by atoms with E-state index in [1.54, 1.807) is 19.1 Å². The van der Waals surface area contributed by atoms with Crippen LogP contribution >= 0.6 is 12.2 Å². The van der Waals surface area contributed by atoms with E-state index in [1.165, 1.54) is 12.8 Å². The third kappa shape index (κ3) is 7.31. The number of hydrogen-bond donors (Lipinski definition) is 2. The summed E-state index contributed by atoms with van der Waals surface area (Å²) in [5, 5.41) is 6.71. The average molecular weight is 462 g/mol. The van der Waals surface area contributed by atoms with Crippen molar-refractivity contribution in [3.8, 4) is 0 Å². The lowest BCUT2D eigenvalue weighted by atomic mass is 9.95. The summed E-state index contributed by atoms with van der Waals surface area (Å²) in [6, 6.07) is 7.01. The maximum atomic E-state index is 12.9. The molecule has 1 heterocycles. The Balaban J connectivity index is 2.15. The standard InChI is InChI=1S/C24H35N3O4S/c1-5-6-7-8-9-13-20(28)25-19-12-10-11-18(16-19)22-21(23(29)31-15-14-30-4)17(2)27(3)24(32)26-22/h10-12,16,22H,5-9,13-15H2,1-4H3,(H,25,28)(H,26,32). The number of rotatable bonds is 12. The summed E-state index contributed by atoms with van der Waals surface area (Å²) in [5.74, 6) is -0.427. The third-order valence-electron chi connectivity index (χ3n) is 5.51. The van der Waals surface area contributed by atoms with Gasteiger partial charge in [0.2, 0.25) is 5.91 Å². The Morgan fingerprint density at radius 2 is 1.94 bits per heavy atom. The van der Waals surface area contributed by atoms with Gasteiger partial charge in [-0.3, -0.25) is 4.79 Å². The minimum atomic E-state index is -0.473. The summed E-state index contributed by atoms with van der Waals surface area (Å²) in [6.45, 7) is 4.51. The minimum absolute atomic E-state index is 0.00331. The van der Waals surface area contributed by atoms with E-state index in [-0.39, 0.29) is 12.5 Å². The molecule has 1 aliphatic rings. The fraction of sp³-hybridized carbons (Fsp3) is 0.542. The molecule has 0 spiro atoms. The molecular formula is C24H35N3O4S. The Morgan fingerprint density at radius 1 is 1.19 bits per heavy atom. The van der Waals surface area contributed by atoms with E-state index in [0.717, 1.165) is 30.5 Å². The van der Waals surface area contributed by atoms with Crippen molar-refractivity contribution in [3.05, 3.63) is 41.1 Å². The van der Waals surface area contributed by atoms with Crippen molar-refractivity contribution in [2.75, 3.05) is 32.7 Å². The predicted octanol–water partition coefficient (Wildman–Crippen LogP) is 4.31. The molecule has 2 N–H and O–H groups in total. The Kier molecular flexibility index (Phi) is 10.6. The maximum Gasteiger partial charge on any atom is 0.338 e. The minimum Gasteiger partial charge on any atom is -0.460 e. The third-order valence-corrected chi connectivity index (χ3v) is 5.90. The number of unbranched alkanes of at least 4 members (excludes halogenated alkanes) is 4. The van der Waals surface area contributed by atoms with Crippen LogP contribution in [0.1, 0.15) is 64.0 Å². The summed E-state index contributed by atoms with van der Waals surface area (Å²) >= 11 is 5.45. The molecule has 1 aliphatic heterocycles. The van der Waals surface area contributed by atoms with Crippen molar-refractivity contribution in [3.63, 3.8) is 0 Å². The molecule has 1 aromatic carbocycles. The Morgan fingerprint density at radius 3 is 2.66 bits per heavy atom. The molecule has 32 heavy (non-hydrogen) atoms. The number of nitrogens with one attached hydrogen (secondary N) is 2. The van der Waals surface area contributed by atoms with Crippen molar-refractivity contribution in [1.29, 1.82) is 0 Å². The monoisotopic (exact) mass is 461 g/mol. The van der Waals surface area contributed by atoms with Crippen molar-refractivity contribution in [2.24, 2.45) is 0 Å². The van der Waals surface area contributed by atoms with E-state index in [4.69, 9.17) is 21.7 Å². The van der Waals surface area contributed by atoms with Gasteiger partial charge < -0.3 is 25.0 Å². The molecule has 0 radical (unpaired) electrons. The Labute approximate surface area is 196 Å². The molecule has 0 fully saturated rings. The van der Waals surface area contributed by atoms with Crippen LogP contribution in [-0.4, -0.2) is 49.3 Å². The zero-order valence-electron chi connectivity index (χ0n) is 19.5. The van der Waals surface area contributed by atoms with Gasteiger partial charge in [-0.15, -0.1) is 0 Å². The lowest BCUT2D eigenvalue weighted by Crippen LogP contribution is -2.46. The number of nitrogens with zero attached hydrogens (tertiary/aromatic N) is 1. The van der Waals surface area contributed by atoms with Crippen LogP contribution < -0.4 is 10.6 Å². The normalized spacial score (nSPS) is 16.1. The maximum absolute atomic E-state index is 12.9. The smallest absolute Gasteiger partial charge is 0.338 e. The Bertz CT molecular complexity index is 840. The Hall–Kier alpha value is -2.45. The predicted molar refractivity (Wildman–Crippen MR) is 130 cm³/mol. The molecular weight excluding hydrogens is 426 g/mol. The molecule has 0 aliphatic carbocycles. The van der Waals surface area contributed by atoms with Gasteiger partial charge in [-0.05, 0) is 43.3 Å². The molecule has 0 bridgehead atoms. The number of allylic oxidation sites excluding steroid dienone is 1. The van der Waals surface area contributed by atoms with E-state index >= 15 is 0 Å². The number of carbonyl (C=O) groups excluding carboxylic acids is 2. The van der Waals surface area contributed by atoms with Crippen LogP contribution in [0.5, 0.6) is 0 Å². The SMILES string of the molecule is CCCCCCCC(=O)Nc1cccc(C2NC(=S)N(C)C(C)=C2C(=O)OCCOC)c1. The van der Waals surface area contributed by atoms with Gasteiger partial charge >= 0.3 is 5.97 Å². The number of carbonyl (C=O) groups is 2. The topological polar surface area (TPSA) is 79.9 Å². The molecule has 8 heteroatoms. The quantitative estimate of drug-likeness (QED) is 0.273. The molecule has 1 amide bonds. The summed E-state index contributed by atoms with van der Waals surface area (Å²) in [7, 11) is 3.36. The molecule has 2 rings (SSSR count). The summed E-state index contributed by atoms with van der Waals surface area (Å²) in [5.41, 5.74) is 2.72. The fourth-order valence-electron chi connectivity index (χ4n) is 3.55. The first-order chi connectivity index (χ1) is 15.4. The van der Waals surface area contributed by atoms with Gasteiger partial charge in [-0.1, -0.05) is 44.7 Å². The summed E-state index contributed by atoms with van der Waals surface area (Å²) < 4.78 is 10.4. The molecule has 7 nitrogen and oxygen atoms in total. The summed E-state index contributed by atoms with van der Waals surface area (Å²) in [6.07, 6.45) is 6.00. The lowest BCUT2D eigenvalue weighted by molar-refractivity contribution is -0.140. The van der Waals surface area contributed by atoms with Crippen LogP contribution in [0, 0.1) is 0 Å². The summed E-state index contributed by atoms with van der Waals surface area (Å²) in [4.78, 5) is 27.0. The average Bonchev–Trinajstić information content (AvgIpc) is 2.77. The van der Waals surface area contributed by atoms with Crippen LogP contribution in [-0.2, 0) is 19.1 Å². The number of thiocarbonyl (C=S) groups is 1. The van der Waals surface area contributed by atoms with Crippen molar-refractivity contribution in [2.45, 2.75) is 58.4 Å². The van der Waals surface area contributed by atoms with Crippen molar-refractivity contribution < 1.29 is 19.1 Å². The van der Waals surface area contributed by atoms with Crippen LogP contribution in [0.4, 0.5) is 5.69 Å². The van der Waals surface area contributed by atoms with Crippen LogP contribution in [0.3, 0.4) is 0 Å². The van der Waals surface area contributed by atoms with Gasteiger partial charge in [0.25, 0.3) is 0 Å².